The average molecular weight is 400 g/mol. The Kier molecular flexibility index (Phi) is 5.80. The molecule has 0 aliphatic carbocycles. The van der Waals surface area contributed by atoms with Gasteiger partial charge in [0.1, 0.15) is 17.5 Å². The van der Waals surface area contributed by atoms with E-state index in [9.17, 15) is 10.1 Å². The van der Waals surface area contributed by atoms with Gasteiger partial charge in [-0.15, -0.1) is 0 Å². The number of benzene rings is 2. The summed E-state index contributed by atoms with van der Waals surface area (Å²) in [6.07, 6.45) is 2.06. The zero-order chi connectivity index (χ0) is 20.9. The number of methoxy groups -OCH3 is 1. The number of piperidine rings is 1. The number of hydrogen-bond acceptors (Lipinski definition) is 5. The minimum atomic E-state index is 0.124. The zero-order valence-corrected chi connectivity index (χ0v) is 17.0. The molecule has 30 heavy (non-hydrogen) atoms. The van der Waals surface area contributed by atoms with Gasteiger partial charge >= 0.3 is 0 Å². The van der Waals surface area contributed by atoms with E-state index in [1.54, 1.807) is 7.11 Å². The van der Waals surface area contributed by atoms with Gasteiger partial charge in [0.2, 0.25) is 5.91 Å². The van der Waals surface area contributed by atoms with E-state index in [-0.39, 0.29) is 11.9 Å². The summed E-state index contributed by atoms with van der Waals surface area (Å²) in [5.74, 6) is 0.874. The van der Waals surface area contributed by atoms with Gasteiger partial charge in [-0.3, -0.25) is 4.79 Å². The number of pyridine rings is 1. The van der Waals surface area contributed by atoms with Gasteiger partial charge < -0.3 is 15.0 Å². The van der Waals surface area contributed by atoms with Gasteiger partial charge in [-0.2, -0.15) is 5.26 Å². The number of amides is 1. The minimum Gasteiger partial charge on any atom is -0.496 e. The van der Waals surface area contributed by atoms with Crippen LogP contribution in [0.4, 0.5) is 5.69 Å². The number of hydrogen-bond donors (Lipinski definition) is 1. The smallest absolute Gasteiger partial charge is 0.227 e. The highest BCUT2D eigenvalue weighted by atomic mass is 16.5. The summed E-state index contributed by atoms with van der Waals surface area (Å²) in [4.78, 5) is 19.1. The molecule has 0 unspecified atom stereocenters. The highest BCUT2D eigenvalue weighted by Gasteiger charge is 2.24. The number of aromatic nitrogens is 1. The first kappa shape index (κ1) is 19.7. The monoisotopic (exact) mass is 400 g/mol. The summed E-state index contributed by atoms with van der Waals surface area (Å²) in [5.41, 5.74) is 3.05. The van der Waals surface area contributed by atoms with Crippen molar-refractivity contribution >= 4 is 22.5 Å². The molecular weight excluding hydrogens is 376 g/mol. The van der Waals surface area contributed by atoms with Crippen molar-refractivity contribution in [2.45, 2.75) is 25.3 Å². The van der Waals surface area contributed by atoms with Crippen molar-refractivity contribution in [3.8, 4) is 11.8 Å². The van der Waals surface area contributed by atoms with E-state index in [2.05, 4.69) is 16.4 Å². The second-order valence-corrected chi connectivity index (χ2v) is 7.47. The second kappa shape index (κ2) is 8.83. The number of para-hydroxylation sites is 2. The Bertz CT molecular complexity index is 1100. The summed E-state index contributed by atoms with van der Waals surface area (Å²) < 4.78 is 5.36. The number of anilines is 1. The molecule has 0 bridgehead atoms. The Morgan fingerprint density at radius 1 is 1.20 bits per heavy atom. The molecule has 0 spiro atoms. The lowest BCUT2D eigenvalue weighted by atomic mass is 10.0. The number of likely N-dealkylation sites (tertiary alicyclic amines) is 1. The molecular formula is C24H24N4O2. The molecule has 2 aromatic carbocycles. The van der Waals surface area contributed by atoms with Crippen LogP contribution >= 0.6 is 0 Å². The first-order chi connectivity index (χ1) is 14.7. The average Bonchev–Trinajstić information content (AvgIpc) is 2.79. The number of carbonyl (C=O) groups is 1. The third kappa shape index (κ3) is 4.20. The number of nitrogens with one attached hydrogen (secondary N) is 1. The molecule has 1 fully saturated rings. The Labute approximate surface area is 176 Å². The Balaban J connectivity index is 1.40. The van der Waals surface area contributed by atoms with Gasteiger partial charge in [0.05, 0.1) is 19.0 Å². The summed E-state index contributed by atoms with van der Waals surface area (Å²) in [6, 6.07) is 19.7. The molecule has 1 aromatic heterocycles. The van der Waals surface area contributed by atoms with Gasteiger partial charge in [0, 0.05) is 35.8 Å². The standard InChI is InChI=1S/C24H24N4O2/c1-30-23-9-5-2-6-17(23)14-24(29)28-12-10-18(11-13-28)26-22-15-19(16-25)27-21-8-4-3-7-20(21)22/h2-9,15,18H,10-14H2,1H3,(H,26,27). The van der Waals surface area contributed by atoms with E-state index in [1.165, 1.54) is 0 Å². The molecule has 1 saturated heterocycles. The van der Waals surface area contributed by atoms with Crippen molar-refractivity contribution < 1.29 is 9.53 Å². The quantitative estimate of drug-likeness (QED) is 0.706. The third-order valence-electron chi connectivity index (χ3n) is 5.57. The lowest BCUT2D eigenvalue weighted by Crippen LogP contribution is -2.43. The molecule has 0 radical (unpaired) electrons. The van der Waals surface area contributed by atoms with E-state index in [4.69, 9.17) is 4.74 Å². The van der Waals surface area contributed by atoms with Crippen molar-refractivity contribution in [1.82, 2.24) is 9.88 Å². The summed E-state index contributed by atoms with van der Waals surface area (Å²) in [7, 11) is 1.63. The third-order valence-corrected chi connectivity index (χ3v) is 5.57. The molecule has 6 nitrogen and oxygen atoms in total. The van der Waals surface area contributed by atoms with Crippen LogP contribution in [0.2, 0.25) is 0 Å². The number of fused-ring (bicyclic) bond motifs is 1. The molecule has 0 saturated carbocycles. The SMILES string of the molecule is COc1ccccc1CC(=O)N1CCC(Nc2cc(C#N)nc3ccccc23)CC1. The summed E-state index contributed by atoms with van der Waals surface area (Å²) in [5, 5.41) is 13.9. The number of nitriles is 1. The molecule has 1 N–H and O–H groups in total. The predicted molar refractivity (Wildman–Crippen MR) is 116 cm³/mol. The van der Waals surface area contributed by atoms with Crippen molar-refractivity contribution in [1.29, 1.82) is 5.26 Å². The molecule has 3 aromatic rings. The minimum absolute atomic E-state index is 0.124. The lowest BCUT2D eigenvalue weighted by Gasteiger charge is -2.33. The normalized spacial score (nSPS) is 14.3. The molecule has 6 heteroatoms. The van der Waals surface area contributed by atoms with Crippen molar-refractivity contribution in [3.63, 3.8) is 0 Å². The maximum absolute atomic E-state index is 12.8. The number of ether oxygens (including phenoxy) is 1. The topological polar surface area (TPSA) is 78.2 Å². The highest BCUT2D eigenvalue weighted by molar-refractivity contribution is 5.92. The highest BCUT2D eigenvalue weighted by Crippen LogP contribution is 2.26. The van der Waals surface area contributed by atoms with Gasteiger partial charge in [-0.25, -0.2) is 4.98 Å². The van der Waals surface area contributed by atoms with Crippen LogP contribution in [0.15, 0.2) is 54.6 Å². The van der Waals surface area contributed by atoms with E-state index in [1.807, 2.05) is 59.5 Å². The summed E-state index contributed by atoms with van der Waals surface area (Å²) in [6.45, 7) is 1.42. The van der Waals surface area contributed by atoms with Crippen LogP contribution in [0.5, 0.6) is 5.75 Å². The fourth-order valence-electron chi connectivity index (χ4n) is 3.97. The van der Waals surface area contributed by atoms with Gasteiger partial charge in [-0.1, -0.05) is 36.4 Å². The zero-order valence-electron chi connectivity index (χ0n) is 17.0. The van der Waals surface area contributed by atoms with E-state index in [0.29, 0.717) is 25.2 Å². The van der Waals surface area contributed by atoms with Gasteiger partial charge in [0.25, 0.3) is 0 Å². The molecule has 2 heterocycles. The maximum Gasteiger partial charge on any atom is 0.227 e. The van der Waals surface area contributed by atoms with Crippen LogP contribution in [-0.2, 0) is 11.2 Å². The molecule has 0 atom stereocenters. The first-order valence-electron chi connectivity index (χ1n) is 10.1. The maximum atomic E-state index is 12.8. The Morgan fingerprint density at radius 3 is 2.70 bits per heavy atom. The number of rotatable bonds is 5. The van der Waals surface area contributed by atoms with Crippen LogP contribution in [0, 0.1) is 11.3 Å². The predicted octanol–water partition coefficient (Wildman–Crippen LogP) is 3.76. The van der Waals surface area contributed by atoms with Crippen LogP contribution in [-0.4, -0.2) is 42.0 Å². The molecule has 152 valence electrons. The Morgan fingerprint density at radius 2 is 1.93 bits per heavy atom. The molecule has 1 aliphatic rings. The number of carbonyl (C=O) groups excluding carboxylic acids is 1. The molecule has 1 aliphatic heterocycles. The number of nitrogens with zero attached hydrogens (tertiary/aromatic N) is 3. The first-order valence-corrected chi connectivity index (χ1v) is 10.1. The van der Waals surface area contributed by atoms with Crippen LogP contribution in [0.25, 0.3) is 10.9 Å². The van der Waals surface area contributed by atoms with Gasteiger partial charge in [0.15, 0.2) is 0 Å². The Hall–Kier alpha value is -3.59. The van der Waals surface area contributed by atoms with Crippen LogP contribution in [0.3, 0.4) is 0 Å². The largest absolute Gasteiger partial charge is 0.496 e. The second-order valence-electron chi connectivity index (χ2n) is 7.47. The van der Waals surface area contributed by atoms with Crippen LogP contribution in [0.1, 0.15) is 24.1 Å². The lowest BCUT2D eigenvalue weighted by molar-refractivity contribution is -0.131. The van der Waals surface area contributed by atoms with Crippen molar-refractivity contribution in [2.75, 3.05) is 25.5 Å². The van der Waals surface area contributed by atoms with Crippen LogP contribution < -0.4 is 10.1 Å². The van der Waals surface area contributed by atoms with Crippen molar-refractivity contribution in [3.05, 3.63) is 65.9 Å². The van der Waals surface area contributed by atoms with E-state index in [0.717, 1.165) is 40.7 Å². The molecule has 1 amide bonds. The van der Waals surface area contributed by atoms with Crippen molar-refractivity contribution in [2.24, 2.45) is 0 Å². The molecule has 4 rings (SSSR count). The summed E-state index contributed by atoms with van der Waals surface area (Å²) >= 11 is 0. The fraction of sp³-hybridized carbons (Fsp3) is 0.292. The van der Waals surface area contributed by atoms with E-state index >= 15 is 0 Å². The van der Waals surface area contributed by atoms with Gasteiger partial charge in [-0.05, 0) is 31.0 Å². The van der Waals surface area contributed by atoms with E-state index < -0.39 is 0 Å². The fourth-order valence-corrected chi connectivity index (χ4v) is 3.97.